The Morgan fingerprint density at radius 3 is 2.41 bits per heavy atom. The summed E-state index contributed by atoms with van der Waals surface area (Å²) >= 11 is 0. The van der Waals surface area contributed by atoms with Crippen molar-refractivity contribution in [3.63, 3.8) is 0 Å². The molecule has 3 aromatic rings. The maximum Gasteiger partial charge on any atom is 0.262 e. The lowest BCUT2D eigenvalue weighted by atomic mass is 9.88. The maximum atomic E-state index is 15.1. The molecular weight excluding hydrogens is 531 g/mol. The Labute approximate surface area is 234 Å². The molecule has 0 spiro atoms. The van der Waals surface area contributed by atoms with Crippen molar-refractivity contribution in [2.45, 2.75) is 44.6 Å². The van der Waals surface area contributed by atoms with Crippen molar-refractivity contribution < 1.29 is 28.4 Å². The fourth-order valence-corrected chi connectivity index (χ4v) is 5.77. The minimum absolute atomic E-state index is 0.0435. The lowest BCUT2D eigenvalue weighted by Gasteiger charge is -2.34. The van der Waals surface area contributed by atoms with E-state index >= 15 is 4.39 Å². The van der Waals surface area contributed by atoms with Crippen LogP contribution < -0.4 is 15.5 Å². The first-order chi connectivity index (χ1) is 19.7. The normalized spacial score (nSPS) is 19.4. The fraction of sp³-hybridized carbons (Fsp3) is 0.310. The van der Waals surface area contributed by atoms with Crippen LogP contribution in [0.5, 0.6) is 0 Å². The zero-order valence-electron chi connectivity index (χ0n) is 22.2. The third-order valence-electron chi connectivity index (χ3n) is 7.93. The Morgan fingerprint density at radius 2 is 1.73 bits per heavy atom. The van der Waals surface area contributed by atoms with Crippen LogP contribution in [0.3, 0.4) is 0 Å². The van der Waals surface area contributed by atoms with Gasteiger partial charge in [-0.25, -0.2) is 4.39 Å². The first kappa shape index (κ1) is 26.4. The van der Waals surface area contributed by atoms with Gasteiger partial charge in [-0.15, -0.1) is 0 Å². The molecule has 210 valence electrons. The van der Waals surface area contributed by atoms with E-state index in [9.17, 15) is 24.0 Å². The molecule has 2 saturated heterocycles. The highest BCUT2D eigenvalue weighted by atomic mass is 19.1. The highest BCUT2D eigenvalue weighted by Crippen LogP contribution is 2.35. The smallest absolute Gasteiger partial charge is 0.262 e. The first-order valence-electron chi connectivity index (χ1n) is 13.4. The van der Waals surface area contributed by atoms with Crippen LogP contribution in [0, 0.1) is 12.7 Å². The molecule has 12 heteroatoms. The van der Waals surface area contributed by atoms with Crippen molar-refractivity contribution in [3.05, 3.63) is 76.2 Å². The molecule has 0 bridgehead atoms. The molecule has 4 heterocycles. The van der Waals surface area contributed by atoms with Gasteiger partial charge in [0.2, 0.25) is 11.8 Å². The highest BCUT2D eigenvalue weighted by Gasteiger charge is 2.44. The number of H-pyrrole nitrogens is 1. The molecular formula is C29H27FN6O5. The van der Waals surface area contributed by atoms with E-state index in [1.54, 1.807) is 36.4 Å². The number of rotatable bonds is 5. The number of carbonyl (C=O) groups excluding carboxylic acids is 5. The molecule has 1 atom stereocenters. The minimum atomic E-state index is -1.01. The fourth-order valence-electron chi connectivity index (χ4n) is 5.77. The van der Waals surface area contributed by atoms with Gasteiger partial charge in [-0.1, -0.05) is 6.07 Å². The zero-order chi connectivity index (χ0) is 28.8. The number of benzene rings is 2. The number of hydrogen-bond donors (Lipinski definition) is 3. The summed E-state index contributed by atoms with van der Waals surface area (Å²) in [6.07, 6.45) is 1.47. The maximum absolute atomic E-state index is 15.1. The number of halogens is 1. The van der Waals surface area contributed by atoms with Gasteiger partial charge in [0.15, 0.2) is 5.82 Å². The number of aryl methyl sites for hydroxylation is 1. The van der Waals surface area contributed by atoms with Gasteiger partial charge in [0, 0.05) is 42.5 Å². The van der Waals surface area contributed by atoms with Crippen molar-refractivity contribution in [2.75, 3.05) is 23.3 Å². The van der Waals surface area contributed by atoms with Crippen molar-refractivity contribution >= 4 is 41.0 Å². The number of nitrogens with zero attached hydrogens (tertiary/aromatic N) is 3. The van der Waals surface area contributed by atoms with Crippen LogP contribution in [0.15, 0.2) is 42.5 Å². The molecule has 3 aliphatic heterocycles. The molecule has 6 rings (SSSR count). The number of hydrogen-bond acceptors (Lipinski definition) is 7. The molecule has 0 aliphatic carbocycles. The second-order valence-corrected chi connectivity index (χ2v) is 10.6. The Balaban J connectivity index is 1.11. The van der Waals surface area contributed by atoms with E-state index in [2.05, 4.69) is 25.7 Å². The molecule has 2 fully saturated rings. The number of imide groups is 2. The van der Waals surface area contributed by atoms with Crippen molar-refractivity contribution in [3.8, 4) is 0 Å². The Kier molecular flexibility index (Phi) is 6.60. The molecule has 11 nitrogen and oxygen atoms in total. The molecule has 0 saturated carbocycles. The van der Waals surface area contributed by atoms with E-state index in [1.165, 1.54) is 6.07 Å². The van der Waals surface area contributed by atoms with E-state index in [0.29, 0.717) is 37.3 Å². The summed E-state index contributed by atoms with van der Waals surface area (Å²) in [6.45, 7) is 3.01. The predicted molar refractivity (Wildman–Crippen MR) is 145 cm³/mol. The number of amides is 5. The second-order valence-electron chi connectivity index (χ2n) is 10.6. The summed E-state index contributed by atoms with van der Waals surface area (Å²) in [4.78, 5) is 65.5. The number of nitrogens with one attached hydrogen (secondary N) is 3. The van der Waals surface area contributed by atoms with Gasteiger partial charge >= 0.3 is 0 Å². The Morgan fingerprint density at radius 1 is 0.976 bits per heavy atom. The molecule has 5 amide bonds. The summed E-state index contributed by atoms with van der Waals surface area (Å²) in [5, 5.41) is 11.5. The van der Waals surface area contributed by atoms with Crippen LogP contribution in [0.25, 0.3) is 0 Å². The molecule has 2 aromatic carbocycles. The van der Waals surface area contributed by atoms with Gasteiger partial charge in [-0.2, -0.15) is 5.10 Å². The molecule has 41 heavy (non-hydrogen) atoms. The highest BCUT2D eigenvalue weighted by molar-refractivity contribution is 6.23. The standard InChI is InChI=1S/C29H27FN6O5/c1-15-12-24(34-33-15)31-26(38)17-2-4-19(22(30)13-17)16-8-10-35(11-9-16)18-3-5-20-21(14-18)29(41)36(28(20)40)23-6-7-25(37)32-27(23)39/h2-5,12-14,16,23H,6-11H2,1H3,(H,32,37,39)(H2,31,33,34,38). The third kappa shape index (κ3) is 4.85. The lowest BCUT2D eigenvalue weighted by molar-refractivity contribution is -0.136. The number of carbonyl (C=O) groups is 5. The van der Waals surface area contributed by atoms with Gasteiger partial charge in [0.25, 0.3) is 17.7 Å². The number of fused-ring (bicyclic) bond motifs is 1. The second kappa shape index (κ2) is 10.3. The van der Waals surface area contributed by atoms with E-state index < -0.39 is 41.4 Å². The summed E-state index contributed by atoms with van der Waals surface area (Å²) < 4.78 is 15.1. The van der Waals surface area contributed by atoms with Gasteiger partial charge in [-0.3, -0.25) is 39.3 Å². The van der Waals surface area contributed by atoms with Crippen LogP contribution in [0.4, 0.5) is 15.9 Å². The van der Waals surface area contributed by atoms with Gasteiger partial charge in [0.1, 0.15) is 11.9 Å². The summed E-state index contributed by atoms with van der Waals surface area (Å²) in [7, 11) is 0. The zero-order valence-corrected chi connectivity index (χ0v) is 22.2. The van der Waals surface area contributed by atoms with Crippen LogP contribution >= 0.6 is 0 Å². The van der Waals surface area contributed by atoms with Crippen molar-refractivity contribution in [1.82, 2.24) is 20.4 Å². The minimum Gasteiger partial charge on any atom is -0.371 e. The van der Waals surface area contributed by atoms with Crippen LogP contribution in [0.2, 0.25) is 0 Å². The molecule has 3 N–H and O–H groups in total. The molecule has 3 aliphatic rings. The van der Waals surface area contributed by atoms with Crippen molar-refractivity contribution in [2.24, 2.45) is 0 Å². The molecule has 1 unspecified atom stereocenters. The van der Waals surface area contributed by atoms with Crippen LogP contribution in [0.1, 0.15) is 73.9 Å². The Hall–Kier alpha value is -4.87. The lowest BCUT2D eigenvalue weighted by Crippen LogP contribution is -2.54. The quantitative estimate of drug-likeness (QED) is 0.409. The summed E-state index contributed by atoms with van der Waals surface area (Å²) in [6, 6.07) is 10.2. The number of aromatic amines is 1. The van der Waals surface area contributed by atoms with E-state index in [1.807, 2.05) is 6.92 Å². The van der Waals surface area contributed by atoms with E-state index in [0.717, 1.165) is 16.3 Å². The largest absolute Gasteiger partial charge is 0.371 e. The van der Waals surface area contributed by atoms with E-state index in [4.69, 9.17) is 0 Å². The van der Waals surface area contributed by atoms with Crippen LogP contribution in [-0.4, -0.2) is 63.8 Å². The monoisotopic (exact) mass is 558 g/mol. The van der Waals surface area contributed by atoms with Crippen LogP contribution in [-0.2, 0) is 9.59 Å². The topological polar surface area (TPSA) is 145 Å². The molecule has 0 radical (unpaired) electrons. The average Bonchev–Trinajstić information content (AvgIpc) is 3.48. The Bertz CT molecular complexity index is 1610. The SMILES string of the molecule is Cc1cc(NC(=O)c2ccc(C3CCN(c4ccc5c(c4)C(=O)N(C4CCC(=O)NC4=O)C5=O)CC3)c(F)c2)n[nH]1. The van der Waals surface area contributed by atoms with E-state index in [-0.39, 0.29) is 35.4 Å². The summed E-state index contributed by atoms with van der Waals surface area (Å²) in [5.41, 5.74) is 2.76. The van der Waals surface area contributed by atoms with Gasteiger partial charge in [0.05, 0.1) is 11.1 Å². The number of aromatic nitrogens is 2. The van der Waals surface area contributed by atoms with Gasteiger partial charge in [-0.05, 0) is 68.0 Å². The summed E-state index contributed by atoms with van der Waals surface area (Å²) in [5.74, 6) is -2.73. The first-order valence-corrected chi connectivity index (χ1v) is 13.4. The number of anilines is 2. The number of piperidine rings is 2. The average molecular weight is 559 g/mol. The third-order valence-corrected chi connectivity index (χ3v) is 7.93. The van der Waals surface area contributed by atoms with Gasteiger partial charge < -0.3 is 10.2 Å². The van der Waals surface area contributed by atoms with Crippen molar-refractivity contribution in [1.29, 1.82) is 0 Å². The predicted octanol–water partition coefficient (Wildman–Crippen LogP) is 2.89. The molecule has 1 aromatic heterocycles.